The van der Waals surface area contributed by atoms with Gasteiger partial charge in [-0.1, -0.05) is 0 Å². The topological polar surface area (TPSA) is 69.3 Å². The number of allylic oxidation sites excluding steroid dienone is 1. The third-order valence-electron chi connectivity index (χ3n) is 4.24. The first-order valence-electron chi connectivity index (χ1n) is 7.94. The second kappa shape index (κ2) is 5.77. The predicted octanol–water partition coefficient (Wildman–Crippen LogP) is 3.62. The molecule has 1 aromatic carbocycles. The molecular weight excluding hydrogens is 325 g/mol. The summed E-state index contributed by atoms with van der Waals surface area (Å²) < 4.78 is 26.1. The van der Waals surface area contributed by atoms with E-state index in [0.717, 1.165) is 5.56 Å². The van der Waals surface area contributed by atoms with Crippen molar-refractivity contribution >= 4 is 23.0 Å². The zero-order valence-corrected chi connectivity index (χ0v) is 13.7. The number of esters is 1. The molecule has 0 fully saturated rings. The van der Waals surface area contributed by atoms with Crippen molar-refractivity contribution in [2.75, 3.05) is 11.9 Å². The molecule has 0 amide bonds. The Labute approximate surface area is 142 Å². The molecule has 6 nitrogen and oxygen atoms in total. The molecule has 4 rings (SSSR count). The van der Waals surface area contributed by atoms with E-state index in [0.29, 0.717) is 28.3 Å². The van der Waals surface area contributed by atoms with Crippen LogP contribution in [0.2, 0.25) is 0 Å². The first-order chi connectivity index (χ1) is 12.1. The molecule has 0 saturated heterocycles. The third-order valence-corrected chi connectivity index (χ3v) is 4.24. The average Bonchev–Trinajstić information content (AvgIpc) is 3.21. The largest absolute Gasteiger partial charge is 0.472 e. The quantitative estimate of drug-likeness (QED) is 0.737. The van der Waals surface area contributed by atoms with Gasteiger partial charge in [-0.25, -0.2) is 14.2 Å². The van der Waals surface area contributed by atoms with Crippen LogP contribution in [-0.4, -0.2) is 22.1 Å². The number of ether oxygens (including phenoxy) is 1. The summed E-state index contributed by atoms with van der Waals surface area (Å²) in [5, 5.41) is 3.13. The Hall–Kier alpha value is -3.09. The van der Waals surface area contributed by atoms with E-state index < -0.39 is 12.0 Å². The van der Waals surface area contributed by atoms with Gasteiger partial charge in [0.2, 0.25) is 5.95 Å². The number of aromatic nitrogens is 2. The normalized spacial score (nSPS) is 16.7. The van der Waals surface area contributed by atoms with Gasteiger partial charge >= 0.3 is 5.97 Å². The minimum atomic E-state index is -0.513. The summed E-state index contributed by atoms with van der Waals surface area (Å²) in [7, 11) is 0. The maximum absolute atomic E-state index is 13.8. The number of anilines is 1. The standard InChI is InChI=1S/C18H16FN3O3/c1-3-25-17(23)15-10(2)20-18-21-13-5-4-12(19)8-14(13)22(18)16(15)11-6-7-24-9-11/h4-9,16H,3H2,1-2H3,(H,20,21). The monoisotopic (exact) mass is 341 g/mol. The minimum Gasteiger partial charge on any atom is -0.472 e. The predicted molar refractivity (Wildman–Crippen MR) is 89.5 cm³/mol. The fourth-order valence-electron chi connectivity index (χ4n) is 3.20. The van der Waals surface area contributed by atoms with Gasteiger partial charge in [0, 0.05) is 11.3 Å². The summed E-state index contributed by atoms with van der Waals surface area (Å²) in [6.45, 7) is 3.81. The van der Waals surface area contributed by atoms with Crippen LogP contribution in [0.3, 0.4) is 0 Å². The fourth-order valence-corrected chi connectivity index (χ4v) is 3.20. The van der Waals surface area contributed by atoms with Crippen molar-refractivity contribution in [1.82, 2.24) is 9.55 Å². The smallest absolute Gasteiger partial charge is 0.338 e. The van der Waals surface area contributed by atoms with Crippen LogP contribution in [0.15, 0.2) is 52.5 Å². The van der Waals surface area contributed by atoms with E-state index >= 15 is 0 Å². The molecule has 1 aliphatic rings. The van der Waals surface area contributed by atoms with Crippen LogP contribution in [0.1, 0.15) is 25.5 Å². The summed E-state index contributed by atoms with van der Waals surface area (Å²) >= 11 is 0. The van der Waals surface area contributed by atoms with E-state index in [4.69, 9.17) is 9.15 Å². The molecule has 3 heterocycles. The van der Waals surface area contributed by atoms with Crippen molar-refractivity contribution < 1.29 is 18.3 Å². The van der Waals surface area contributed by atoms with Crippen LogP contribution in [0.5, 0.6) is 0 Å². The first kappa shape index (κ1) is 15.4. The van der Waals surface area contributed by atoms with Gasteiger partial charge in [0.05, 0.1) is 41.8 Å². The number of imidazole rings is 1. The zero-order valence-electron chi connectivity index (χ0n) is 13.7. The SMILES string of the molecule is CCOC(=O)C1=C(C)Nc2nc3ccc(F)cc3n2C1c1ccoc1. The second-order valence-corrected chi connectivity index (χ2v) is 5.78. The molecule has 1 atom stereocenters. The fraction of sp³-hybridized carbons (Fsp3) is 0.222. The highest BCUT2D eigenvalue weighted by Gasteiger charge is 2.35. The number of halogens is 1. The lowest BCUT2D eigenvalue weighted by atomic mass is 9.97. The van der Waals surface area contributed by atoms with E-state index in [-0.39, 0.29) is 12.4 Å². The van der Waals surface area contributed by atoms with Crippen molar-refractivity contribution in [3.05, 3.63) is 59.4 Å². The first-order valence-corrected chi connectivity index (χ1v) is 7.94. The van der Waals surface area contributed by atoms with Gasteiger partial charge < -0.3 is 14.5 Å². The molecule has 1 aliphatic heterocycles. The van der Waals surface area contributed by atoms with Gasteiger partial charge in [0.15, 0.2) is 0 Å². The Morgan fingerprint density at radius 1 is 1.44 bits per heavy atom. The van der Waals surface area contributed by atoms with Crippen LogP contribution >= 0.6 is 0 Å². The lowest BCUT2D eigenvalue weighted by Crippen LogP contribution is -2.28. The average molecular weight is 341 g/mol. The third kappa shape index (κ3) is 2.39. The number of hydrogen-bond acceptors (Lipinski definition) is 5. The maximum Gasteiger partial charge on any atom is 0.338 e. The van der Waals surface area contributed by atoms with Crippen LogP contribution in [0, 0.1) is 5.82 Å². The van der Waals surface area contributed by atoms with E-state index in [1.165, 1.54) is 18.4 Å². The molecular formula is C18H16FN3O3. The number of nitrogens with one attached hydrogen (secondary N) is 1. The molecule has 2 aromatic heterocycles. The Kier molecular flexibility index (Phi) is 3.56. The summed E-state index contributed by atoms with van der Waals surface area (Å²) in [5.74, 6) is -0.259. The summed E-state index contributed by atoms with van der Waals surface area (Å²) in [6.07, 6.45) is 3.10. The van der Waals surface area contributed by atoms with Crippen molar-refractivity contribution in [1.29, 1.82) is 0 Å². The molecule has 0 radical (unpaired) electrons. The van der Waals surface area contributed by atoms with Gasteiger partial charge in [0.1, 0.15) is 5.82 Å². The number of benzene rings is 1. The van der Waals surface area contributed by atoms with Gasteiger partial charge in [-0.3, -0.25) is 4.57 Å². The Bertz CT molecular complexity index is 989. The molecule has 1 unspecified atom stereocenters. The molecule has 1 N–H and O–H groups in total. The van der Waals surface area contributed by atoms with Gasteiger partial charge in [-0.05, 0) is 38.1 Å². The minimum absolute atomic E-state index is 0.264. The molecule has 0 aliphatic carbocycles. The number of carbonyl (C=O) groups excluding carboxylic acids is 1. The number of fused-ring (bicyclic) bond motifs is 3. The number of carbonyl (C=O) groups is 1. The van der Waals surface area contributed by atoms with E-state index in [2.05, 4.69) is 10.3 Å². The second-order valence-electron chi connectivity index (χ2n) is 5.78. The number of nitrogens with zero attached hydrogens (tertiary/aromatic N) is 2. The summed E-state index contributed by atoms with van der Waals surface area (Å²) in [4.78, 5) is 17.1. The highest BCUT2D eigenvalue weighted by molar-refractivity contribution is 5.94. The van der Waals surface area contributed by atoms with Gasteiger partial charge in [0.25, 0.3) is 0 Å². The molecule has 3 aromatic rings. The van der Waals surface area contributed by atoms with E-state index in [9.17, 15) is 9.18 Å². The van der Waals surface area contributed by atoms with Crippen LogP contribution < -0.4 is 5.32 Å². The van der Waals surface area contributed by atoms with E-state index in [1.54, 1.807) is 36.8 Å². The summed E-state index contributed by atoms with van der Waals surface area (Å²) in [6, 6.07) is 5.65. The Balaban J connectivity index is 1.98. The highest BCUT2D eigenvalue weighted by atomic mass is 19.1. The Morgan fingerprint density at radius 2 is 2.28 bits per heavy atom. The lowest BCUT2D eigenvalue weighted by molar-refractivity contribution is -0.139. The van der Waals surface area contributed by atoms with E-state index in [1.807, 2.05) is 0 Å². The van der Waals surface area contributed by atoms with Crippen LogP contribution in [0.25, 0.3) is 11.0 Å². The number of furan rings is 1. The molecule has 128 valence electrons. The van der Waals surface area contributed by atoms with Crippen LogP contribution in [0.4, 0.5) is 10.3 Å². The van der Waals surface area contributed by atoms with Crippen molar-refractivity contribution in [3.63, 3.8) is 0 Å². The molecule has 0 spiro atoms. The zero-order chi connectivity index (χ0) is 17.6. The molecule has 0 saturated carbocycles. The summed E-state index contributed by atoms with van der Waals surface area (Å²) in [5.41, 5.74) is 3.07. The van der Waals surface area contributed by atoms with Gasteiger partial charge in [-0.2, -0.15) is 0 Å². The molecule has 7 heteroatoms. The maximum atomic E-state index is 13.8. The van der Waals surface area contributed by atoms with Crippen molar-refractivity contribution in [3.8, 4) is 0 Å². The van der Waals surface area contributed by atoms with Gasteiger partial charge in [-0.15, -0.1) is 0 Å². The van der Waals surface area contributed by atoms with Crippen LogP contribution in [-0.2, 0) is 9.53 Å². The number of hydrogen-bond donors (Lipinski definition) is 1. The molecule has 0 bridgehead atoms. The highest BCUT2D eigenvalue weighted by Crippen LogP contribution is 2.39. The lowest BCUT2D eigenvalue weighted by Gasteiger charge is -2.29. The number of rotatable bonds is 3. The van der Waals surface area contributed by atoms with Crippen molar-refractivity contribution in [2.45, 2.75) is 19.9 Å². The molecule has 25 heavy (non-hydrogen) atoms. The van der Waals surface area contributed by atoms with Crippen molar-refractivity contribution in [2.24, 2.45) is 0 Å². The Morgan fingerprint density at radius 3 is 3.00 bits per heavy atom.